The molecule has 0 atom stereocenters. The van der Waals surface area contributed by atoms with Crippen LogP contribution in [-0.4, -0.2) is 53.2 Å². The summed E-state index contributed by atoms with van der Waals surface area (Å²) in [6.45, 7) is 4.88. The van der Waals surface area contributed by atoms with Gasteiger partial charge in [0.1, 0.15) is 0 Å². The van der Waals surface area contributed by atoms with Gasteiger partial charge in [0.05, 0.1) is 0 Å². The van der Waals surface area contributed by atoms with Gasteiger partial charge in [0, 0.05) is 69.7 Å². The number of pyridine rings is 1. The van der Waals surface area contributed by atoms with E-state index >= 15 is 0 Å². The Hall–Kier alpha value is -2.50. The van der Waals surface area contributed by atoms with Crippen molar-refractivity contribution in [3.8, 4) is 0 Å². The van der Waals surface area contributed by atoms with Crippen LogP contribution in [0.2, 0.25) is 0 Å². The number of aromatic nitrogens is 2. The first-order valence-corrected chi connectivity index (χ1v) is 8.11. The first kappa shape index (κ1) is 15.4. The molecule has 3 rings (SSSR count). The molecule has 0 aliphatic carbocycles. The van der Waals surface area contributed by atoms with Crippen molar-refractivity contribution in [3.05, 3.63) is 49.1 Å². The van der Waals surface area contributed by atoms with Gasteiger partial charge >= 0.3 is 6.03 Å². The van der Waals surface area contributed by atoms with Crippen molar-refractivity contribution in [1.29, 1.82) is 0 Å². The summed E-state index contributed by atoms with van der Waals surface area (Å²) in [5, 5.41) is 3.01. The summed E-state index contributed by atoms with van der Waals surface area (Å²) in [5.41, 5.74) is 1.17. The second kappa shape index (κ2) is 7.67. The highest BCUT2D eigenvalue weighted by atomic mass is 16.2. The van der Waals surface area contributed by atoms with Gasteiger partial charge in [-0.2, -0.15) is 0 Å². The van der Waals surface area contributed by atoms with E-state index in [-0.39, 0.29) is 6.03 Å². The molecule has 0 spiro atoms. The van der Waals surface area contributed by atoms with E-state index in [1.807, 2.05) is 41.6 Å². The van der Waals surface area contributed by atoms with Crippen LogP contribution in [0.3, 0.4) is 0 Å². The number of piperazine rings is 1. The number of hydrogen-bond acceptors (Lipinski definition) is 3. The highest BCUT2D eigenvalue weighted by Gasteiger charge is 2.20. The summed E-state index contributed by atoms with van der Waals surface area (Å²) >= 11 is 0. The van der Waals surface area contributed by atoms with Crippen molar-refractivity contribution in [2.75, 3.05) is 37.6 Å². The molecule has 3 heterocycles. The number of amides is 2. The van der Waals surface area contributed by atoms with E-state index in [2.05, 4.69) is 19.8 Å². The van der Waals surface area contributed by atoms with Gasteiger partial charge in [0.15, 0.2) is 0 Å². The Morgan fingerprint density at radius 3 is 2.48 bits per heavy atom. The molecule has 6 nitrogen and oxygen atoms in total. The lowest BCUT2D eigenvalue weighted by atomic mass is 10.3. The van der Waals surface area contributed by atoms with E-state index in [4.69, 9.17) is 0 Å². The normalized spacial score (nSPS) is 14.8. The predicted molar refractivity (Wildman–Crippen MR) is 90.5 cm³/mol. The van der Waals surface area contributed by atoms with E-state index in [0.717, 1.165) is 39.1 Å². The van der Waals surface area contributed by atoms with E-state index in [1.165, 1.54) is 5.69 Å². The van der Waals surface area contributed by atoms with Crippen LogP contribution in [0.1, 0.15) is 6.42 Å². The maximum Gasteiger partial charge on any atom is 0.317 e. The molecule has 0 bridgehead atoms. The van der Waals surface area contributed by atoms with E-state index in [0.29, 0.717) is 6.54 Å². The molecule has 6 heteroatoms. The van der Waals surface area contributed by atoms with Gasteiger partial charge in [-0.1, -0.05) is 0 Å². The average Bonchev–Trinajstić information content (AvgIpc) is 3.13. The number of hydrogen-bond donors (Lipinski definition) is 1. The molecule has 0 unspecified atom stereocenters. The molecule has 122 valence electrons. The Morgan fingerprint density at radius 1 is 1.09 bits per heavy atom. The molecule has 2 amide bonds. The van der Waals surface area contributed by atoms with Crippen molar-refractivity contribution in [1.82, 2.24) is 19.8 Å². The smallest absolute Gasteiger partial charge is 0.317 e. The Balaban J connectivity index is 1.36. The number of aryl methyl sites for hydroxylation is 1. The molecule has 1 aliphatic heterocycles. The maximum atomic E-state index is 12.2. The van der Waals surface area contributed by atoms with Crippen LogP contribution in [-0.2, 0) is 6.54 Å². The number of rotatable bonds is 5. The lowest BCUT2D eigenvalue weighted by Gasteiger charge is -2.36. The second-order valence-corrected chi connectivity index (χ2v) is 5.69. The lowest BCUT2D eigenvalue weighted by molar-refractivity contribution is 0.194. The highest BCUT2D eigenvalue weighted by Crippen LogP contribution is 2.14. The van der Waals surface area contributed by atoms with E-state index in [9.17, 15) is 4.79 Å². The van der Waals surface area contributed by atoms with Gasteiger partial charge < -0.3 is 19.7 Å². The summed E-state index contributed by atoms with van der Waals surface area (Å²) in [6.07, 6.45) is 8.63. The SMILES string of the molecule is O=C(NCCCn1cccc1)N1CCN(c2ccncc2)CC1. The van der Waals surface area contributed by atoms with Crippen LogP contribution >= 0.6 is 0 Å². The number of carbonyl (C=O) groups is 1. The average molecular weight is 313 g/mol. The number of nitrogens with zero attached hydrogens (tertiary/aromatic N) is 4. The van der Waals surface area contributed by atoms with Crippen molar-refractivity contribution in [3.63, 3.8) is 0 Å². The predicted octanol–water partition coefficient (Wildman–Crippen LogP) is 1.80. The van der Waals surface area contributed by atoms with Gasteiger partial charge in [-0.05, 0) is 30.7 Å². The molecule has 0 aromatic carbocycles. The Kier molecular flexibility index (Phi) is 5.13. The fraction of sp³-hybridized carbons (Fsp3) is 0.412. The molecule has 1 aliphatic rings. The zero-order valence-corrected chi connectivity index (χ0v) is 13.3. The molecule has 1 fully saturated rings. The van der Waals surface area contributed by atoms with Crippen LogP contribution < -0.4 is 10.2 Å². The van der Waals surface area contributed by atoms with Crippen LogP contribution in [0.15, 0.2) is 49.1 Å². The maximum absolute atomic E-state index is 12.2. The quantitative estimate of drug-likeness (QED) is 0.857. The molecule has 0 saturated carbocycles. The van der Waals surface area contributed by atoms with Gasteiger partial charge in [-0.25, -0.2) is 4.79 Å². The minimum absolute atomic E-state index is 0.0480. The first-order chi connectivity index (χ1) is 11.3. The Morgan fingerprint density at radius 2 is 1.78 bits per heavy atom. The van der Waals surface area contributed by atoms with Crippen molar-refractivity contribution in [2.45, 2.75) is 13.0 Å². The highest BCUT2D eigenvalue weighted by molar-refractivity contribution is 5.74. The van der Waals surface area contributed by atoms with E-state index in [1.54, 1.807) is 12.4 Å². The molecule has 1 N–H and O–H groups in total. The summed E-state index contributed by atoms with van der Waals surface area (Å²) in [4.78, 5) is 20.4. The summed E-state index contributed by atoms with van der Waals surface area (Å²) < 4.78 is 2.12. The van der Waals surface area contributed by atoms with Gasteiger partial charge in [-0.15, -0.1) is 0 Å². The molecule has 0 radical (unpaired) electrons. The number of carbonyl (C=O) groups excluding carboxylic acids is 1. The minimum atomic E-state index is 0.0480. The molecule has 1 saturated heterocycles. The third-order valence-corrected chi connectivity index (χ3v) is 4.13. The molecular weight excluding hydrogens is 290 g/mol. The summed E-state index contributed by atoms with van der Waals surface area (Å²) in [6, 6.07) is 8.10. The molecule has 23 heavy (non-hydrogen) atoms. The van der Waals surface area contributed by atoms with Gasteiger partial charge in [0.2, 0.25) is 0 Å². The lowest BCUT2D eigenvalue weighted by Crippen LogP contribution is -2.52. The second-order valence-electron chi connectivity index (χ2n) is 5.69. The largest absolute Gasteiger partial charge is 0.368 e. The Labute approximate surface area is 136 Å². The number of urea groups is 1. The number of anilines is 1. The van der Waals surface area contributed by atoms with Crippen LogP contribution in [0.5, 0.6) is 0 Å². The fourth-order valence-corrected chi connectivity index (χ4v) is 2.81. The molecule has 2 aromatic heterocycles. The molecule has 2 aromatic rings. The standard InChI is InChI=1S/C17H23N5O/c23-17(19-6-3-11-20-9-1-2-10-20)22-14-12-21(13-15-22)16-4-7-18-8-5-16/h1-2,4-5,7-10H,3,6,11-15H2,(H,19,23). The van der Waals surface area contributed by atoms with Crippen LogP contribution in [0.4, 0.5) is 10.5 Å². The van der Waals surface area contributed by atoms with Gasteiger partial charge in [-0.3, -0.25) is 4.98 Å². The summed E-state index contributed by atoms with van der Waals surface area (Å²) in [7, 11) is 0. The van der Waals surface area contributed by atoms with Crippen molar-refractivity contribution in [2.24, 2.45) is 0 Å². The van der Waals surface area contributed by atoms with E-state index < -0.39 is 0 Å². The monoisotopic (exact) mass is 313 g/mol. The summed E-state index contributed by atoms with van der Waals surface area (Å²) in [5.74, 6) is 0. The van der Waals surface area contributed by atoms with Crippen molar-refractivity contribution >= 4 is 11.7 Å². The topological polar surface area (TPSA) is 53.4 Å². The van der Waals surface area contributed by atoms with Crippen LogP contribution in [0, 0.1) is 0 Å². The fourth-order valence-electron chi connectivity index (χ4n) is 2.81. The third kappa shape index (κ3) is 4.25. The van der Waals surface area contributed by atoms with Gasteiger partial charge in [0.25, 0.3) is 0 Å². The first-order valence-electron chi connectivity index (χ1n) is 8.11. The number of nitrogens with one attached hydrogen (secondary N) is 1. The minimum Gasteiger partial charge on any atom is -0.368 e. The zero-order valence-electron chi connectivity index (χ0n) is 13.3. The zero-order chi connectivity index (χ0) is 15.9. The Bertz CT molecular complexity index is 591. The van der Waals surface area contributed by atoms with Crippen LogP contribution in [0.25, 0.3) is 0 Å². The third-order valence-electron chi connectivity index (χ3n) is 4.13. The van der Waals surface area contributed by atoms with Crippen molar-refractivity contribution < 1.29 is 4.79 Å². The molecular formula is C17H23N5O.